The van der Waals surface area contributed by atoms with Crippen LogP contribution in [0.4, 0.5) is 0 Å². The minimum absolute atomic E-state index is 0.341. The Labute approximate surface area is 209 Å². The predicted octanol–water partition coefficient (Wildman–Crippen LogP) is 6.13. The Hall–Kier alpha value is -3.10. The molecule has 0 spiro atoms. The minimum Gasteiger partial charge on any atom is -0.493 e. The Morgan fingerprint density at radius 3 is 2.42 bits per heavy atom. The molecule has 1 amide bonds. The van der Waals surface area contributed by atoms with Gasteiger partial charge >= 0.3 is 0 Å². The Balaban J connectivity index is 1.63. The van der Waals surface area contributed by atoms with Gasteiger partial charge in [-0.3, -0.25) is 4.79 Å². The average Bonchev–Trinajstić information content (AvgIpc) is 2.82. The van der Waals surface area contributed by atoms with E-state index in [2.05, 4.69) is 49.0 Å². The second kappa shape index (κ2) is 12.2. The van der Waals surface area contributed by atoms with Crippen molar-refractivity contribution in [2.24, 2.45) is 5.10 Å². The van der Waals surface area contributed by atoms with Gasteiger partial charge < -0.3 is 14.2 Å². The molecule has 3 aromatic rings. The van der Waals surface area contributed by atoms with Crippen LogP contribution in [0.2, 0.25) is 0 Å². The van der Waals surface area contributed by atoms with Gasteiger partial charge in [-0.15, -0.1) is 0 Å². The van der Waals surface area contributed by atoms with Crippen LogP contribution in [0.5, 0.6) is 17.2 Å². The molecule has 0 aliphatic carbocycles. The molecule has 0 bridgehead atoms. The van der Waals surface area contributed by atoms with Crippen molar-refractivity contribution < 1.29 is 19.0 Å². The topological polar surface area (TPSA) is 69.2 Å². The van der Waals surface area contributed by atoms with Crippen molar-refractivity contribution >= 4 is 44.0 Å². The van der Waals surface area contributed by atoms with Crippen LogP contribution >= 0.6 is 31.9 Å². The standard InChI is InChI=1S/C25H22Br2N2O4/c1-3-11-32-22-10-9-19(14-23(22)31-2)25(30)29-28-15-18-12-20(26)24(21(27)13-18)33-16-17-7-5-4-6-8-17/h3-10,12-15H,1,11,16H2,2H3,(H,29,30)/b28-15+. The minimum atomic E-state index is -0.374. The van der Waals surface area contributed by atoms with Gasteiger partial charge in [0.05, 0.1) is 22.3 Å². The molecule has 170 valence electrons. The van der Waals surface area contributed by atoms with Gasteiger partial charge in [0, 0.05) is 5.56 Å². The van der Waals surface area contributed by atoms with Crippen molar-refractivity contribution in [2.45, 2.75) is 6.61 Å². The van der Waals surface area contributed by atoms with E-state index in [1.807, 2.05) is 42.5 Å². The van der Waals surface area contributed by atoms with Crippen LogP contribution in [-0.4, -0.2) is 25.8 Å². The highest BCUT2D eigenvalue weighted by Crippen LogP contribution is 2.35. The summed E-state index contributed by atoms with van der Waals surface area (Å²) >= 11 is 7.07. The molecule has 0 radical (unpaired) electrons. The highest BCUT2D eigenvalue weighted by Gasteiger charge is 2.11. The molecule has 0 unspecified atom stereocenters. The third-order valence-corrected chi connectivity index (χ3v) is 5.59. The molecule has 0 saturated heterocycles. The molecule has 3 rings (SSSR count). The lowest BCUT2D eigenvalue weighted by Crippen LogP contribution is -2.17. The molecule has 3 aromatic carbocycles. The van der Waals surface area contributed by atoms with Gasteiger partial charge in [0.15, 0.2) is 11.5 Å². The Morgan fingerprint density at radius 1 is 1.03 bits per heavy atom. The van der Waals surface area contributed by atoms with Crippen molar-refractivity contribution in [3.63, 3.8) is 0 Å². The summed E-state index contributed by atoms with van der Waals surface area (Å²) in [4.78, 5) is 12.5. The number of carbonyl (C=O) groups excluding carboxylic acids is 1. The number of carbonyl (C=O) groups is 1. The van der Waals surface area contributed by atoms with E-state index >= 15 is 0 Å². The van der Waals surface area contributed by atoms with E-state index < -0.39 is 0 Å². The van der Waals surface area contributed by atoms with Crippen molar-refractivity contribution in [1.82, 2.24) is 5.43 Å². The third kappa shape index (κ3) is 6.94. The molecule has 0 fully saturated rings. The molecule has 33 heavy (non-hydrogen) atoms. The summed E-state index contributed by atoms with van der Waals surface area (Å²) in [6, 6.07) is 18.5. The van der Waals surface area contributed by atoms with E-state index in [-0.39, 0.29) is 5.91 Å². The molecular formula is C25H22Br2N2O4. The van der Waals surface area contributed by atoms with Crippen molar-refractivity contribution in [3.8, 4) is 17.2 Å². The number of hydrazone groups is 1. The number of halogens is 2. The van der Waals surface area contributed by atoms with Crippen LogP contribution in [0.25, 0.3) is 0 Å². The number of hydrogen-bond donors (Lipinski definition) is 1. The van der Waals surface area contributed by atoms with Gasteiger partial charge in [-0.05, 0) is 73.3 Å². The fraction of sp³-hybridized carbons (Fsp3) is 0.120. The van der Waals surface area contributed by atoms with Gasteiger partial charge in [0.25, 0.3) is 5.91 Å². The van der Waals surface area contributed by atoms with Gasteiger partial charge in [0.1, 0.15) is 19.0 Å². The lowest BCUT2D eigenvalue weighted by atomic mass is 10.2. The largest absolute Gasteiger partial charge is 0.493 e. The van der Waals surface area contributed by atoms with Crippen molar-refractivity contribution in [3.05, 3.63) is 99.0 Å². The molecule has 8 heteroatoms. The second-order valence-electron chi connectivity index (χ2n) is 6.75. The van der Waals surface area contributed by atoms with Crippen LogP contribution in [0.15, 0.2) is 87.4 Å². The molecule has 6 nitrogen and oxygen atoms in total. The number of ether oxygens (including phenoxy) is 3. The Bertz CT molecular complexity index is 1130. The maximum Gasteiger partial charge on any atom is 0.271 e. The van der Waals surface area contributed by atoms with Crippen LogP contribution < -0.4 is 19.6 Å². The maximum absolute atomic E-state index is 12.5. The van der Waals surface area contributed by atoms with E-state index in [0.717, 1.165) is 20.1 Å². The summed E-state index contributed by atoms with van der Waals surface area (Å²) < 4.78 is 18.3. The third-order valence-electron chi connectivity index (χ3n) is 4.41. The number of amides is 1. The molecule has 0 heterocycles. The van der Waals surface area contributed by atoms with E-state index in [9.17, 15) is 4.79 Å². The van der Waals surface area contributed by atoms with Crippen LogP contribution in [0.3, 0.4) is 0 Å². The fourth-order valence-corrected chi connectivity index (χ4v) is 4.28. The van der Waals surface area contributed by atoms with E-state index in [0.29, 0.717) is 36.0 Å². The second-order valence-corrected chi connectivity index (χ2v) is 8.46. The lowest BCUT2D eigenvalue weighted by Gasteiger charge is -2.11. The number of methoxy groups -OCH3 is 1. The van der Waals surface area contributed by atoms with Gasteiger partial charge in [-0.2, -0.15) is 5.10 Å². The molecular weight excluding hydrogens is 552 g/mol. The number of benzene rings is 3. The first-order chi connectivity index (χ1) is 16.0. The highest BCUT2D eigenvalue weighted by molar-refractivity contribution is 9.11. The summed E-state index contributed by atoms with van der Waals surface area (Å²) in [5, 5.41) is 4.06. The normalized spacial score (nSPS) is 10.6. The number of nitrogens with zero attached hydrogens (tertiary/aromatic N) is 1. The first kappa shape index (κ1) is 24.5. The summed E-state index contributed by atoms with van der Waals surface area (Å²) in [6.07, 6.45) is 3.18. The van der Waals surface area contributed by atoms with E-state index in [4.69, 9.17) is 14.2 Å². The zero-order valence-corrected chi connectivity index (χ0v) is 21.1. The molecule has 0 aromatic heterocycles. The average molecular weight is 574 g/mol. The molecule has 0 saturated carbocycles. The zero-order chi connectivity index (χ0) is 23.6. The quantitative estimate of drug-likeness (QED) is 0.180. The molecule has 0 atom stereocenters. The van der Waals surface area contributed by atoms with Crippen molar-refractivity contribution in [2.75, 3.05) is 13.7 Å². The fourth-order valence-electron chi connectivity index (χ4n) is 2.83. The first-order valence-electron chi connectivity index (χ1n) is 9.92. The SMILES string of the molecule is C=CCOc1ccc(C(=O)N/N=C/c2cc(Br)c(OCc3ccccc3)c(Br)c2)cc1OC. The van der Waals surface area contributed by atoms with Crippen molar-refractivity contribution in [1.29, 1.82) is 0 Å². The zero-order valence-electron chi connectivity index (χ0n) is 17.9. The maximum atomic E-state index is 12.5. The Kier molecular flexibility index (Phi) is 9.09. The molecule has 0 aliphatic heterocycles. The summed E-state index contributed by atoms with van der Waals surface area (Å²) in [5.41, 5.74) is 4.75. The summed E-state index contributed by atoms with van der Waals surface area (Å²) in [5.74, 6) is 1.29. The highest BCUT2D eigenvalue weighted by atomic mass is 79.9. The Morgan fingerprint density at radius 2 is 1.76 bits per heavy atom. The first-order valence-corrected chi connectivity index (χ1v) is 11.5. The molecule has 1 N–H and O–H groups in total. The number of rotatable bonds is 10. The predicted molar refractivity (Wildman–Crippen MR) is 136 cm³/mol. The number of hydrogen-bond acceptors (Lipinski definition) is 5. The summed E-state index contributed by atoms with van der Waals surface area (Å²) in [7, 11) is 1.51. The summed E-state index contributed by atoms with van der Waals surface area (Å²) in [6.45, 7) is 4.40. The monoisotopic (exact) mass is 572 g/mol. The molecule has 0 aliphatic rings. The van der Waals surface area contributed by atoms with Crippen LogP contribution in [0.1, 0.15) is 21.5 Å². The van der Waals surface area contributed by atoms with Gasteiger partial charge in [-0.1, -0.05) is 43.0 Å². The number of nitrogens with one attached hydrogen (secondary N) is 1. The lowest BCUT2D eigenvalue weighted by molar-refractivity contribution is 0.0954. The van der Waals surface area contributed by atoms with Crippen LogP contribution in [-0.2, 0) is 6.61 Å². The van der Waals surface area contributed by atoms with E-state index in [1.54, 1.807) is 30.5 Å². The smallest absolute Gasteiger partial charge is 0.271 e. The van der Waals surface area contributed by atoms with Crippen LogP contribution in [0, 0.1) is 0 Å². The van der Waals surface area contributed by atoms with Gasteiger partial charge in [-0.25, -0.2) is 5.43 Å². The van der Waals surface area contributed by atoms with E-state index in [1.165, 1.54) is 7.11 Å². The van der Waals surface area contributed by atoms with Gasteiger partial charge in [0.2, 0.25) is 0 Å².